The second-order valence-corrected chi connectivity index (χ2v) is 5.75. The fourth-order valence-electron chi connectivity index (χ4n) is 1.42. The Kier molecular flexibility index (Phi) is 5.35. The Labute approximate surface area is 119 Å². The summed E-state index contributed by atoms with van der Waals surface area (Å²) in [6.07, 6.45) is 0. The first-order valence-corrected chi connectivity index (χ1v) is 6.52. The van der Waals surface area contributed by atoms with Crippen LogP contribution in [0, 0.1) is 6.92 Å². The van der Waals surface area contributed by atoms with Gasteiger partial charge in [-0.1, -0.05) is 17.7 Å². The Bertz CT molecular complexity index is 461. The zero-order valence-electron chi connectivity index (χ0n) is 11.8. The molecule has 0 fully saturated rings. The lowest BCUT2D eigenvalue weighted by Crippen LogP contribution is -2.47. The Morgan fingerprint density at radius 1 is 1.47 bits per heavy atom. The second-order valence-electron chi connectivity index (χ2n) is 5.34. The summed E-state index contributed by atoms with van der Waals surface area (Å²) in [7, 11) is 1.80. The molecule has 0 unspecified atom stereocenters. The number of carbonyl (C=O) groups is 1. The van der Waals surface area contributed by atoms with E-state index in [0.29, 0.717) is 10.7 Å². The number of rotatable bonds is 5. The first kappa shape index (κ1) is 16.0. The van der Waals surface area contributed by atoms with Crippen molar-refractivity contribution in [2.45, 2.75) is 26.3 Å². The molecule has 0 aliphatic carbocycles. The van der Waals surface area contributed by atoms with Gasteiger partial charge >= 0.3 is 0 Å². The van der Waals surface area contributed by atoms with Crippen LogP contribution in [-0.2, 0) is 4.79 Å². The highest BCUT2D eigenvalue weighted by Crippen LogP contribution is 2.20. The topological polar surface area (TPSA) is 52.6 Å². The van der Waals surface area contributed by atoms with Gasteiger partial charge in [0.1, 0.15) is 0 Å². The molecule has 5 heteroatoms. The van der Waals surface area contributed by atoms with E-state index in [4.69, 9.17) is 11.6 Å². The standard InChI is InChI=1S/C14H21ClN2O2/c1-10-5-6-11(7-12(10)15)16-13(19)8-17(4)14(2,3)9-18/h5-7,18H,8-9H2,1-4H3,(H,16,19). The van der Waals surface area contributed by atoms with Crippen molar-refractivity contribution in [3.8, 4) is 0 Å². The van der Waals surface area contributed by atoms with Gasteiger partial charge in [0.2, 0.25) is 5.91 Å². The van der Waals surface area contributed by atoms with Gasteiger partial charge in [-0.3, -0.25) is 9.69 Å². The van der Waals surface area contributed by atoms with E-state index < -0.39 is 5.54 Å². The van der Waals surface area contributed by atoms with E-state index in [2.05, 4.69) is 5.32 Å². The maximum atomic E-state index is 11.9. The number of likely N-dealkylation sites (N-methyl/N-ethyl adjacent to an activating group) is 1. The molecule has 4 nitrogen and oxygen atoms in total. The quantitative estimate of drug-likeness (QED) is 0.872. The predicted octanol–water partition coefficient (Wildman–Crippen LogP) is 2.29. The number of amides is 1. The molecule has 0 aliphatic heterocycles. The summed E-state index contributed by atoms with van der Waals surface area (Å²) in [6, 6.07) is 5.40. The highest BCUT2D eigenvalue weighted by Gasteiger charge is 2.24. The number of benzene rings is 1. The molecule has 0 bridgehead atoms. The lowest BCUT2D eigenvalue weighted by atomic mass is 10.1. The minimum Gasteiger partial charge on any atom is -0.394 e. The summed E-state index contributed by atoms with van der Waals surface area (Å²) in [6.45, 7) is 5.86. The van der Waals surface area contributed by atoms with Crippen molar-refractivity contribution >= 4 is 23.2 Å². The molecule has 2 N–H and O–H groups in total. The van der Waals surface area contributed by atoms with Gasteiger partial charge in [-0.15, -0.1) is 0 Å². The molecule has 1 aromatic carbocycles. The zero-order valence-corrected chi connectivity index (χ0v) is 12.6. The molecule has 1 aromatic rings. The molecule has 0 aromatic heterocycles. The van der Waals surface area contributed by atoms with E-state index in [-0.39, 0.29) is 19.1 Å². The second kappa shape index (κ2) is 6.37. The van der Waals surface area contributed by atoms with Crippen molar-refractivity contribution in [3.05, 3.63) is 28.8 Å². The molecule has 0 atom stereocenters. The van der Waals surface area contributed by atoms with Crippen molar-refractivity contribution in [1.82, 2.24) is 4.90 Å². The third-order valence-electron chi connectivity index (χ3n) is 3.26. The van der Waals surface area contributed by atoms with Crippen LogP contribution in [0.4, 0.5) is 5.69 Å². The van der Waals surface area contributed by atoms with Crippen molar-refractivity contribution < 1.29 is 9.90 Å². The number of nitrogens with one attached hydrogen (secondary N) is 1. The average molecular weight is 285 g/mol. The number of halogens is 1. The Morgan fingerprint density at radius 3 is 2.63 bits per heavy atom. The predicted molar refractivity (Wildman–Crippen MR) is 78.6 cm³/mol. The molecule has 1 amide bonds. The number of carbonyl (C=O) groups excluding carboxylic acids is 1. The minimum absolute atomic E-state index is 0.00681. The number of nitrogens with zero attached hydrogens (tertiary/aromatic N) is 1. The minimum atomic E-state index is -0.428. The monoisotopic (exact) mass is 284 g/mol. The summed E-state index contributed by atoms with van der Waals surface area (Å²) < 4.78 is 0. The van der Waals surface area contributed by atoms with Crippen LogP contribution < -0.4 is 5.32 Å². The van der Waals surface area contributed by atoms with E-state index in [1.807, 2.05) is 32.9 Å². The number of hydrogen-bond acceptors (Lipinski definition) is 3. The first-order valence-electron chi connectivity index (χ1n) is 6.14. The van der Waals surface area contributed by atoms with Gasteiger partial charge in [0, 0.05) is 16.2 Å². The highest BCUT2D eigenvalue weighted by atomic mass is 35.5. The van der Waals surface area contributed by atoms with Crippen LogP contribution in [0.25, 0.3) is 0 Å². The number of anilines is 1. The number of hydrogen-bond donors (Lipinski definition) is 2. The highest BCUT2D eigenvalue weighted by molar-refractivity contribution is 6.31. The Hall–Kier alpha value is -1.10. The fraction of sp³-hybridized carbons (Fsp3) is 0.500. The molecule has 19 heavy (non-hydrogen) atoms. The number of aliphatic hydroxyl groups excluding tert-OH is 1. The van der Waals surface area contributed by atoms with Crippen LogP contribution >= 0.6 is 11.6 Å². The van der Waals surface area contributed by atoms with Crippen molar-refractivity contribution in [2.24, 2.45) is 0 Å². The Morgan fingerprint density at radius 2 is 2.11 bits per heavy atom. The SMILES string of the molecule is Cc1ccc(NC(=O)CN(C)C(C)(C)CO)cc1Cl. The van der Waals surface area contributed by atoms with Gasteiger partial charge in [-0.25, -0.2) is 0 Å². The third-order valence-corrected chi connectivity index (χ3v) is 3.66. The molecular formula is C14H21ClN2O2. The summed E-state index contributed by atoms with van der Waals surface area (Å²) >= 11 is 6.00. The normalized spacial score (nSPS) is 11.7. The fourth-order valence-corrected chi connectivity index (χ4v) is 1.60. The molecule has 0 saturated carbocycles. The maximum Gasteiger partial charge on any atom is 0.238 e. The van der Waals surface area contributed by atoms with Gasteiger partial charge in [0.15, 0.2) is 0 Å². The summed E-state index contributed by atoms with van der Waals surface area (Å²) in [5, 5.41) is 12.7. The molecule has 0 radical (unpaired) electrons. The summed E-state index contributed by atoms with van der Waals surface area (Å²) in [4.78, 5) is 13.7. The van der Waals surface area contributed by atoms with Crippen molar-refractivity contribution in [1.29, 1.82) is 0 Å². The molecule has 106 valence electrons. The number of aliphatic hydroxyl groups is 1. The van der Waals surface area contributed by atoms with Crippen molar-refractivity contribution in [3.63, 3.8) is 0 Å². The smallest absolute Gasteiger partial charge is 0.238 e. The molecule has 1 rings (SSSR count). The van der Waals surface area contributed by atoms with Crippen LogP contribution in [0.15, 0.2) is 18.2 Å². The van der Waals surface area contributed by atoms with E-state index >= 15 is 0 Å². The van der Waals surface area contributed by atoms with Crippen molar-refractivity contribution in [2.75, 3.05) is 25.5 Å². The van der Waals surface area contributed by atoms with E-state index in [1.165, 1.54) is 0 Å². The maximum absolute atomic E-state index is 11.9. The van der Waals surface area contributed by atoms with Gasteiger partial charge in [-0.2, -0.15) is 0 Å². The lowest BCUT2D eigenvalue weighted by molar-refractivity contribution is -0.118. The largest absolute Gasteiger partial charge is 0.394 e. The first-order chi connectivity index (χ1) is 8.76. The molecule has 0 aliphatic rings. The summed E-state index contributed by atoms with van der Waals surface area (Å²) in [5.41, 5.74) is 1.22. The van der Waals surface area contributed by atoms with Gasteiger partial charge in [-0.05, 0) is 45.5 Å². The zero-order chi connectivity index (χ0) is 14.6. The molecule has 0 spiro atoms. The third kappa shape index (κ3) is 4.49. The molecule has 0 heterocycles. The van der Waals surface area contributed by atoms with Crippen LogP contribution in [0.3, 0.4) is 0 Å². The lowest BCUT2D eigenvalue weighted by Gasteiger charge is -2.33. The van der Waals surface area contributed by atoms with Crippen LogP contribution in [0.5, 0.6) is 0 Å². The van der Waals surface area contributed by atoms with E-state index in [1.54, 1.807) is 18.0 Å². The van der Waals surface area contributed by atoms with E-state index in [9.17, 15) is 9.90 Å². The van der Waals surface area contributed by atoms with E-state index in [0.717, 1.165) is 5.56 Å². The molecule has 0 saturated heterocycles. The number of aryl methyl sites for hydroxylation is 1. The van der Waals surface area contributed by atoms with Crippen LogP contribution in [-0.4, -0.2) is 41.7 Å². The molecular weight excluding hydrogens is 264 g/mol. The van der Waals surface area contributed by atoms with Gasteiger partial charge < -0.3 is 10.4 Å². The summed E-state index contributed by atoms with van der Waals surface area (Å²) in [5.74, 6) is -0.135. The Balaban J connectivity index is 2.63. The van der Waals surface area contributed by atoms with Crippen LogP contribution in [0.1, 0.15) is 19.4 Å². The van der Waals surface area contributed by atoms with Crippen LogP contribution in [0.2, 0.25) is 5.02 Å². The van der Waals surface area contributed by atoms with Gasteiger partial charge in [0.25, 0.3) is 0 Å². The average Bonchev–Trinajstić information content (AvgIpc) is 2.33. The van der Waals surface area contributed by atoms with Gasteiger partial charge in [0.05, 0.1) is 13.2 Å².